The number of likely N-dealkylation sites (N-methyl/N-ethyl adjacent to an activating group) is 2. The van der Waals surface area contributed by atoms with E-state index in [-0.39, 0.29) is 5.91 Å². The maximum absolute atomic E-state index is 12.9. The first kappa shape index (κ1) is 20.7. The van der Waals surface area contributed by atoms with Crippen molar-refractivity contribution in [1.82, 2.24) is 15.2 Å². The van der Waals surface area contributed by atoms with E-state index >= 15 is 0 Å². The smallest absolute Gasteiger partial charge is 0.270 e. The summed E-state index contributed by atoms with van der Waals surface area (Å²) in [6.07, 6.45) is 2.35. The van der Waals surface area contributed by atoms with E-state index in [1.54, 1.807) is 25.4 Å². The highest BCUT2D eigenvalue weighted by atomic mass is 35.5. The fraction of sp³-hybridized carbons (Fsp3) is 0.227. The van der Waals surface area contributed by atoms with Crippen LogP contribution in [0.3, 0.4) is 0 Å². The Hall–Kier alpha value is -3.52. The molecule has 1 saturated heterocycles. The maximum Gasteiger partial charge on any atom is 0.413 e. The van der Waals surface area contributed by atoms with Crippen molar-refractivity contribution in [3.05, 3.63) is 70.7 Å². The number of aliphatic imine (C=N–C) groups is 1. The van der Waals surface area contributed by atoms with Crippen LogP contribution in [-0.2, 0) is 11.2 Å². The summed E-state index contributed by atoms with van der Waals surface area (Å²) in [7, 11) is 3.10. The van der Waals surface area contributed by atoms with Crippen LogP contribution >= 0.6 is 11.6 Å². The zero-order chi connectivity index (χ0) is 22.0. The van der Waals surface area contributed by atoms with Crippen molar-refractivity contribution in [3.8, 4) is 0 Å². The Balaban J connectivity index is 1.61. The second-order valence-corrected chi connectivity index (χ2v) is 7.72. The fourth-order valence-corrected chi connectivity index (χ4v) is 3.66. The number of carbonyl (C=O) groups is 2. The third-order valence-electron chi connectivity index (χ3n) is 5.26. The Morgan fingerprint density at radius 1 is 1.10 bits per heavy atom. The molecular weight excluding hydrogens is 416 g/mol. The minimum absolute atomic E-state index is 0.312. The number of nitrogens with one attached hydrogen (secondary N) is 1. The summed E-state index contributed by atoms with van der Waals surface area (Å²) in [5.74, 6) is 0.503. The van der Waals surface area contributed by atoms with E-state index in [0.29, 0.717) is 29.8 Å². The molecule has 1 fully saturated rings. The molecule has 0 bridgehead atoms. The Morgan fingerprint density at radius 3 is 2.52 bits per heavy atom. The van der Waals surface area contributed by atoms with E-state index in [4.69, 9.17) is 11.6 Å². The third kappa shape index (κ3) is 4.20. The monoisotopic (exact) mass is 437 g/mol. The molecule has 158 valence electrons. The van der Waals surface area contributed by atoms with Gasteiger partial charge in [0, 0.05) is 25.5 Å². The molecule has 0 aliphatic carbocycles. The minimum atomic E-state index is -0.676. The Morgan fingerprint density at radius 2 is 1.81 bits per heavy atom. The Kier molecular flexibility index (Phi) is 5.81. The molecule has 0 saturated carbocycles. The van der Waals surface area contributed by atoms with Gasteiger partial charge in [0.15, 0.2) is 0 Å². The number of hydrogen-bond acceptors (Lipinski definition) is 5. The number of fused-ring (bicyclic) bond motifs is 1. The SMILES string of the molecule is CN1C(=O)C2C(=NC(N/N=C/c3ccc(Cl)cc3)=[N+]2CCc2ccccc2)N(C)C1=O. The van der Waals surface area contributed by atoms with Gasteiger partial charge in [-0.1, -0.05) is 59.1 Å². The number of hydrazone groups is 1. The summed E-state index contributed by atoms with van der Waals surface area (Å²) >= 11 is 5.92. The molecule has 1 N–H and O–H groups in total. The highest BCUT2D eigenvalue weighted by molar-refractivity contribution is 6.30. The molecule has 2 aromatic rings. The van der Waals surface area contributed by atoms with Gasteiger partial charge in [0.1, 0.15) is 0 Å². The van der Waals surface area contributed by atoms with Crippen LogP contribution in [0.4, 0.5) is 4.79 Å². The highest BCUT2D eigenvalue weighted by Crippen LogP contribution is 2.19. The summed E-state index contributed by atoms with van der Waals surface area (Å²) < 4.78 is 1.85. The van der Waals surface area contributed by atoms with Gasteiger partial charge in [-0.3, -0.25) is 14.6 Å². The van der Waals surface area contributed by atoms with Crippen LogP contribution in [0.5, 0.6) is 0 Å². The van der Waals surface area contributed by atoms with Crippen molar-refractivity contribution in [2.45, 2.75) is 12.5 Å². The van der Waals surface area contributed by atoms with E-state index in [2.05, 4.69) is 15.5 Å². The molecular formula is C22H22ClN6O2+. The van der Waals surface area contributed by atoms with E-state index in [9.17, 15) is 9.59 Å². The third-order valence-corrected chi connectivity index (χ3v) is 5.52. The molecule has 3 amide bonds. The van der Waals surface area contributed by atoms with Crippen LogP contribution in [0.1, 0.15) is 11.1 Å². The number of halogens is 1. The largest absolute Gasteiger partial charge is 0.413 e. The van der Waals surface area contributed by atoms with Crippen LogP contribution in [0.2, 0.25) is 5.02 Å². The molecule has 1 unspecified atom stereocenters. The van der Waals surface area contributed by atoms with Crippen LogP contribution in [-0.4, -0.2) is 71.0 Å². The first-order valence-corrected chi connectivity index (χ1v) is 10.2. The number of amides is 3. The maximum atomic E-state index is 12.9. The second-order valence-electron chi connectivity index (χ2n) is 7.29. The number of carbonyl (C=O) groups excluding carboxylic acids is 2. The van der Waals surface area contributed by atoms with Gasteiger partial charge in [0.2, 0.25) is 11.9 Å². The first-order valence-electron chi connectivity index (χ1n) is 9.81. The van der Waals surface area contributed by atoms with E-state index in [0.717, 1.165) is 16.0 Å². The van der Waals surface area contributed by atoms with Crippen LogP contribution < -0.4 is 5.43 Å². The number of guanidine groups is 1. The standard InChI is InChI=1S/C22H21ClN6O2/c1-27-19-18(20(30)28(2)22(27)31)29(13-12-15-6-4-3-5-7-15)21(25-19)26-24-14-16-8-10-17(23)11-9-16/h3-11,14,18H,12-13H2,1-2H3/p+1/b24-14+. The zero-order valence-electron chi connectivity index (χ0n) is 17.2. The molecule has 2 aliphatic heterocycles. The summed E-state index contributed by atoms with van der Waals surface area (Å²) in [5, 5.41) is 4.92. The Labute approximate surface area is 185 Å². The molecule has 9 heteroatoms. The van der Waals surface area contributed by atoms with Crippen molar-refractivity contribution in [1.29, 1.82) is 0 Å². The lowest BCUT2D eigenvalue weighted by Crippen LogP contribution is -2.61. The molecule has 2 aromatic carbocycles. The highest BCUT2D eigenvalue weighted by Gasteiger charge is 2.51. The molecule has 0 spiro atoms. The molecule has 0 aromatic heterocycles. The normalized spacial score (nSPS) is 18.7. The summed E-state index contributed by atoms with van der Waals surface area (Å²) in [6.45, 7) is 0.530. The topological polar surface area (TPSA) is 80.4 Å². The second kappa shape index (κ2) is 8.69. The molecule has 8 nitrogen and oxygen atoms in total. The van der Waals surface area contributed by atoms with Gasteiger partial charge >= 0.3 is 12.0 Å². The fourth-order valence-electron chi connectivity index (χ4n) is 3.53. The lowest BCUT2D eigenvalue weighted by molar-refractivity contribution is -0.536. The van der Waals surface area contributed by atoms with Gasteiger partial charge in [0.05, 0.1) is 12.8 Å². The van der Waals surface area contributed by atoms with Gasteiger partial charge in [-0.15, -0.1) is 5.10 Å². The van der Waals surface area contributed by atoms with Crippen molar-refractivity contribution in [2.24, 2.45) is 10.1 Å². The van der Waals surface area contributed by atoms with Gasteiger partial charge in [-0.2, -0.15) is 5.43 Å². The number of rotatable bonds is 5. The average Bonchev–Trinajstić information content (AvgIpc) is 3.15. The van der Waals surface area contributed by atoms with Crippen molar-refractivity contribution in [3.63, 3.8) is 0 Å². The number of hydrogen-bond donors (Lipinski definition) is 1. The predicted molar refractivity (Wildman–Crippen MR) is 120 cm³/mol. The molecule has 4 rings (SSSR count). The number of urea groups is 1. The molecule has 2 heterocycles. The first-order chi connectivity index (χ1) is 15.0. The molecule has 1 atom stereocenters. The zero-order valence-corrected chi connectivity index (χ0v) is 18.0. The quantitative estimate of drug-likeness (QED) is 0.442. The number of imide groups is 1. The van der Waals surface area contributed by atoms with Crippen molar-refractivity contribution < 1.29 is 14.2 Å². The minimum Gasteiger partial charge on any atom is -0.270 e. The van der Waals surface area contributed by atoms with Gasteiger partial charge in [-0.05, 0) is 23.3 Å². The van der Waals surface area contributed by atoms with E-state index < -0.39 is 12.1 Å². The Bertz CT molecular complexity index is 1090. The predicted octanol–water partition coefficient (Wildman–Crippen LogP) is 2.18. The number of amidine groups is 1. The van der Waals surface area contributed by atoms with Gasteiger partial charge < -0.3 is 0 Å². The summed E-state index contributed by atoms with van der Waals surface area (Å²) in [5.41, 5.74) is 4.94. The van der Waals surface area contributed by atoms with Crippen LogP contribution in [0.25, 0.3) is 0 Å². The van der Waals surface area contributed by atoms with Crippen LogP contribution in [0.15, 0.2) is 64.7 Å². The van der Waals surface area contributed by atoms with Gasteiger partial charge in [-0.25, -0.2) is 9.37 Å². The number of benzene rings is 2. The molecule has 31 heavy (non-hydrogen) atoms. The molecule has 0 radical (unpaired) electrons. The van der Waals surface area contributed by atoms with E-state index in [1.807, 2.05) is 47.0 Å². The average molecular weight is 438 g/mol. The van der Waals surface area contributed by atoms with Gasteiger partial charge in [0.25, 0.3) is 5.91 Å². The summed E-state index contributed by atoms with van der Waals surface area (Å²) in [6, 6.07) is 16.2. The molecule has 2 aliphatic rings. The van der Waals surface area contributed by atoms with E-state index in [1.165, 1.54) is 11.9 Å². The number of nitrogens with zero attached hydrogens (tertiary/aromatic N) is 5. The van der Waals surface area contributed by atoms with Crippen molar-refractivity contribution in [2.75, 3.05) is 20.6 Å². The lowest BCUT2D eigenvalue weighted by atomic mass is 10.1. The lowest BCUT2D eigenvalue weighted by Gasteiger charge is -2.31. The van der Waals surface area contributed by atoms with Crippen molar-refractivity contribution >= 4 is 41.5 Å². The summed E-state index contributed by atoms with van der Waals surface area (Å²) in [4.78, 5) is 32.3. The van der Waals surface area contributed by atoms with Crippen LogP contribution in [0, 0.1) is 0 Å².